The SMILES string of the molecule is CC1CCCCC1(O)CC1CCCN(S(C)(=O)=O)C1. The van der Waals surface area contributed by atoms with Crippen LogP contribution >= 0.6 is 0 Å². The average Bonchev–Trinajstić information content (AvgIpc) is 2.32. The van der Waals surface area contributed by atoms with Gasteiger partial charge in [0, 0.05) is 13.1 Å². The van der Waals surface area contributed by atoms with Crippen LogP contribution in [0.5, 0.6) is 0 Å². The molecule has 3 atom stereocenters. The molecule has 1 aliphatic carbocycles. The molecule has 0 amide bonds. The fourth-order valence-electron chi connectivity index (χ4n) is 3.69. The Hall–Kier alpha value is -0.130. The Kier molecular flexibility index (Phi) is 4.58. The fourth-order valence-corrected chi connectivity index (χ4v) is 4.64. The minimum Gasteiger partial charge on any atom is -0.390 e. The largest absolute Gasteiger partial charge is 0.390 e. The van der Waals surface area contributed by atoms with Crippen LogP contribution in [0.4, 0.5) is 0 Å². The van der Waals surface area contributed by atoms with Gasteiger partial charge in [0.15, 0.2) is 0 Å². The van der Waals surface area contributed by atoms with E-state index in [0.29, 0.717) is 24.9 Å². The molecule has 2 fully saturated rings. The molecule has 19 heavy (non-hydrogen) atoms. The van der Waals surface area contributed by atoms with Gasteiger partial charge in [0.1, 0.15) is 0 Å². The van der Waals surface area contributed by atoms with E-state index in [0.717, 1.165) is 38.5 Å². The highest BCUT2D eigenvalue weighted by Gasteiger charge is 2.39. The van der Waals surface area contributed by atoms with Crippen LogP contribution in [0.15, 0.2) is 0 Å². The van der Waals surface area contributed by atoms with E-state index in [1.807, 2.05) is 0 Å². The topological polar surface area (TPSA) is 57.6 Å². The number of hydrogen-bond acceptors (Lipinski definition) is 3. The summed E-state index contributed by atoms with van der Waals surface area (Å²) in [5.74, 6) is 0.656. The van der Waals surface area contributed by atoms with E-state index in [1.54, 1.807) is 4.31 Å². The van der Waals surface area contributed by atoms with Gasteiger partial charge in [-0.05, 0) is 43.9 Å². The van der Waals surface area contributed by atoms with Crippen LogP contribution in [0, 0.1) is 11.8 Å². The molecule has 4 nitrogen and oxygen atoms in total. The number of rotatable bonds is 3. The second-order valence-electron chi connectivity index (χ2n) is 6.58. The van der Waals surface area contributed by atoms with Crippen LogP contribution in [0.25, 0.3) is 0 Å². The van der Waals surface area contributed by atoms with Crippen LogP contribution in [-0.4, -0.2) is 42.8 Å². The number of piperidine rings is 1. The second kappa shape index (κ2) is 5.70. The third kappa shape index (κ3) is 3.70. The minimum absolute atomic E-state index is 0.314. The lowest BCUT2D eigenvalue weighted by atomic mass is 9.71. The van der Waals surface area contributed by atoms with E-state index in [4.69, 9.17) is 0 Å². The molecule has 0 radical (unpaired) electrons. The third-order valence-electron chi connectivity index (χ3n) is 5.01. The molecule has 0 aromatic heterocycles. The summed E-state index contributed by atoms with van der Waals surface area (Å²) in [5, 5.41) is 10.8. The van der Waals surface area contributed by atoms with Crippen LogP contribution < -0.4 is 0 Å². The summed E-state index contributed by atoms with van der Waals surface area (Å²) in [6, 6.07) is 0. The summed E-state index contributed by atoms with van der Waals surface area (Å²) in [4.78, 5) is 0. The van der Waals surface area contributed by atoms with Gasteiger partial charge in [-0.25, -0.2) is 12.7 Å². The first kappa shape index (κ1) is 15.3. The molecular formula is C14H27NO3S. The highest BCUT2D eigenvalue weighted by molar-refractivity contribution is 7.88. The van der Waals surface area contributed by atoms with Crippen molar-refractivity contribution in [1.82, 2.24) is 4.31 Å². The van der Waals surface area contributed by atoms with Gasteiger partial charge in [-0.15, -0.1) is 0 Å². The van der Waals surface area contributed by atoms with Crippen LogP contribution in [0.2, 0.25) is 0 Å². The number of aliphatic hydroxyl groups is 1. The summed E-state index contributed by atoms with van der Waals surface area (Å²) in [6.07, 6.45) is 8.30. The summed E-state index contributed by atoms with van der Waals surface area (Å²) in [6.45, 7) is 3.37. The lowest BCUT2D eigenvalue weighted by Crippen LogP contribution is -2.45. The molecule has 0 aromatic rings. The Bertz CT molecular complexity index is 409. The number of sulfonamides is 1. The smallest absolute Gasteiger partial charge is 0.211 e. The first-order valence-corrected chi connectivity index (χ1v) is 9.33. The highest BCUT2D eigenvalue weighted by Crippen LogP contribution is 2.39. The predicted octanol–water partition coefficient (Wildman–Crippen LogP) is 1.99. The maximum absolute atomic E-state index is 11.6. The molecule has 1 aliphatic heterocycles. The van der Waals surface area contributed by atoms with Crippen LogP contribution in [0.3, 0.4) is 0 Å². The first-order valence-electron chi connectivity index (χ1n) is 7.49. The van der Waals surface area contributed by atoms with E-state index in [2.05, 4.69) is 6.92 Å². The zero-order valence-electron chi connectivity index (χ0n) is 12.1. The maximum atomic E-state index is 11.6. The Morgan fingerprint density at radius 3 is 2.63 bits per heavy atom. The average molecular weight is 289 g/mol. The van der Waals surface area contributed by atoms with E-state index in [9.17, 15) is 13.5 Å². The Labute approximate surface area is 117 Å². The molecule has 0 aromatic carbocycles. The fraction of sp³-hybridized carbons (Fsp3) is 1.00. The molecule has 3 unspecified atom stereocenters. The van der Waals surface area contributed by atoms with Crippen LogP contribution in [0.1, 0.15) is 51.9 Å². The van der Waals surface area contributed by atoms with Gasteiger partial charge in [0.05, 0.1) is 11.9 Å². The maximum Gasteiger partial charge on any atom is 0.211 e. The molecule has 0 spiro atoms. The first-order chi connectivity index (χ1) is 8.81. The molecule has 1 saturated carbocycles. The van der Waals surface area contributed by atoms with Gasteiger partial charge >= 0.3 is 0 Å². The van der Waals surface area contributed by atoms with Crippen molar-refractivity contribution >= 4 is 10.0 Å². The van der Waals surface area contributed by atoms with Crippen molar-refractivity contribution in [2.75, 3.05) is 19.3 Å². The van der Waals surface area contributed by atoms with Crippen molar-refractivity contribution in [3.8, 4) is 0 Å². The molecule has 2 rings (SSSR count). The van der Waals surface area contributed by atoms with E-state index < -0.39 is 15.6 Å². The monoisotopic (exact) mass is 289 g/mol. The van der Waals surface area contributed by atoms with Gasteiger partial charge in [-0.3, -0.25) is 0 Å². The predicted molar refractivity (Wildman–Crippen MR) is 76.3 cm³/mol. The van der Waals surface area contributed by atoms with Crippen molar-refractivity contribution in [1.29, 1.82) is 0 Å². The molecular weight excluding hydrogens is 262 g/mol. The zero-order chi connectivity index (χ0) is 14.1. The Morgan fingerprint density at radius 1 is 1.26 bits per heavy atom. The molecule has 0 bridgehead atoms. The Morgan fingerprint density at radius 2 is 2.00 bits per heavy atom. The standard InChI is InChI=1S/C14H27NO3S/c1-12-6-3-4-8-14(12,16)10-13-7-5-9-15(11-13)19(2,17)18/h12-13,16H,3-11H2,1-2H3. The summed E-state index contributed by atoms with van der Waals surface area (Å²) >= 11 is 0. The Balaban J connectivity index is 1.98. The van der Waals surface area contributed by atoms with Crippen molar-refractivity contribution in [3.05, 3.63) is 0 Å². The van der Waals surface area contributed by atoms with E-state index >= 15 is 0 Å². The highest BCUT2D eigenvalue weighted by atomic mass is 32.2. The van der Waals surface area contributed by atoms with Crippen molar-refractivity contribution in [2.24, 2.45) is 11.8 Å². The number of nitrogens with zero attached hydrogens (tertiary/aromatic N) is 1. The molecule has 1 N–H and O–H groups in total. The van der Waals surface area contributed by atoms with Crippen LogP contribution in [-0.2, 0) is 10.0 Å². The second-order valence-corrected chi connectivity index (χ2v) is 8.57. The molecule has 2 aliphatic rings. The quantitative estimate of drug-likeness (QED) is 0.864. The third-order valence-corrected chi connectivity index (χ3v) is 6.28. The van der Waals surface area contributed by atoms with E-state index in [-0.39, 0.29) is 0 Å². The van der Waals surface area contributed by atoms with Crippen molar-refractivity contribution in [2.45, 2.75) is 57.5 Å². The van der Waals surface area contributed by atoms with Crippen molar-refractivity contribution < 1.29 is 13.5 Å². The molecule has 112 valence electrons. The van der Waals surface area contributed by atoms with Gasteiger partial charge < -0.3 is 5.11 Å². The lowest BCUT2D eigenvalue weighted by molar-refractivity contribution is -0.0635. The molecule has 5 heteroatoms. The zero-order valence-corrected chi connectivity index (χ0v) is 13.0. The van der Waals surface area contributed by atoms with Crippen molar-refractivity contribution in [3.63, 3.8) is 0 Å². The lowest BCUT2D eigenvalue weighted by Gasteiger charge is -2.42. The van der Waals surface area contributed by atoms with Gasteiger partial charge in [0.2, 0.25) is 10.0 Å². The van der Waals surface area contributed by atoms with Gasteiger partial charge in [0.25, 0.3) is 0 Å². The summed E-state index contributed by atoms with van der Waals surface area (Å²) in [7, 11) is -3.08. The summed E-state index contributed by atoms with van der Waals surface area (Å²) < 4.78 is 24.8. The molecule has 1 heterocycles. The minimum atomic E-state index is -3.08. The normalized spacial score (nSPS) is 38.3. The number of hydrogen-bond donors (Lipinski definition) is 1. The van der Waals surface area contributed by atoms with E-state index in [1.165, 1.54) is 12.7 Å². The molecule has 1 saturated heterocycles. The van der Waals surface area contributed by atoms with Gasteiger partial charge in [-0.1, -0.05) is 19.8 Å². The summed E-state index contributed by atoms with van der Waals surface area (Å²) in [5.41, 5.74) is -0.566. The van der Waals surface area contributed by atoms with Gasteiger partial charge in [-0.2, -0.15) is 0 Å².